The number of hydrogen-bond acceptors (Lipinski definition) is 6. The summed E-state index contributed by atoms with van der Waals surface area (Å²) in [5, 5.41) is 4.89. The van der Waals surface area contributed by atoms with Crippen LogP contribution in [0.25, 0.3) is 89.7 Å². The first-order chi connectivity index (χ1) is 21.4. The highest BCUT2D eigenvalue weighted by molar-refractivity contribution is 6.38. The van der Waals surface area contributed by atoms with Gasteiger partial charge in [0.15, 0.2) is 23.3 Å². The summed E-state index contributed by atoms with van der Waals surface area (Å²) >= 11 is 27.0. The highest BCUT2D eigenvalue weighted by Crippen LogP contribution is 2.42. The molecule has 3 aromatic heterocycles. The summed E-state index contributed by atoms with van der Waals surface area (Å²) in [7, 11) is 0. The monoisotopic (exact) mass is 650 g/mol. The van der Waals surface area contributed by atoms with E-state index in [2.05, 4.69) is 9.97 Å². The summed E-state index contributed by atoms with van der Waals surface area (Å²) < 4.78 is 0. The minimum atomic E-state index is 0.379. The Morgan fingerprint density at radius 2 is 0.773 bits per heavy atom. The van der Waals surface area contributed by atoms with Gasteiger partial charge in [0.25, 0.3) is 0 Å². The number of aromatic amines is 2. The van der Waals surface area contributed by atoms with E-state index in [9.17, 15) is 0 Å². The van der Waals surface area contributed by atoms with Crippen molar-refractivity contribution in [2.45, 2.75) is 0 Å². The van der Waals surface area contributed by atoms with Gasteiger partial charge in [-0.1, -0.05) is 94.9 Å². The molecule has 0 spiro atoms. The fourth-order valence-corrected chi connectivity index (χ4v) is 6.86. The van der Waals surface area contributed by atoms with Crippen molar-refractivity contribution >= 4 is 90.5 Å². The number of aromatic nitrogens is 8. The third-order valence-electron chi connectivity index (χ3n) is 7.74. The standard InChI is InChI=1S/C32H14Cl4N8/c33-17-9-1-5-13-21(17)29-38-25(13)37-26-14-6-2-11-19(35)23(14)31(39-26)44-32-24-16(8-4-12-20(24)36)28(43-32)42-30-22-15(27(40-29)41-30)7-3-10-18(22)34/h1-12H,(H2,37,38,39,40,41,42,43,44). The molecule has 0 amide bonds. The SMILES string of the molecule is Clc1cccc2c1-c1nc-2nc2[nH]c(nc3nc(nc4[nH]c(n1)c1cccc(Cl)c41)-c1cccc(Cl)c1-3)c1c(Cl)cccc21. The van der Waals surface area contributed by atoms with Crippen LogP contribution in [0, 0.1) is 0 Å². The molecular weight excluding hydrogens is 638 g/mol. The first kappa shape index (κ1) is 25.9. The average molecular weight is 652 g/mol. The van der Waals surface area contributed by atoms with Crippen LogP contribution in [-0.2, 0) is 0 Å². The van der Waals surface area contributed by atoms with Crippen LogP contribution in [0.2, 0.25) is 20.1 Å². The highest BCUT2D eigenvalue weighted by atomic mass is 35.5. The van der Waals surface area contributed by atoms with E-state index < -0.39 is 0 Å². The van der Waals surface area contributed by atoms with Crippen molar-refractivity contribution < 1.29 is 0 Å². The zero-order valence-electron chi connectivity index (χ0n) is 22.1. The molecule has 8 nitrogen and oxygen atoms in total. The molecule has 44 heavy (non-hydrogen) atoms. The maximum Gasteiger partial charge on any atom is 0.166 e. The number of nitrogens with one attached hydrogen (secondary N) is 2. The van der Waals surface area contributed by atoms with Gasteiger partial charge in [0.05, 0.1) is 20.1 Å². The molecule has 8 bridgehead atoms. The minimum absolute atomic E-state index is 0.379. The molecule has 2 aliphatic heterocycles. The smallest absolute Gasteiger partial charge is 0.166 e. The number of halogens is 4. The molecule has 7 aromatic rings. The molecule has 9 rings (SSSR count). The third-order valence-corrected chi connectivity index (χ3v) is 9.00. The van der Waals surface area contributed by atoms with Crippen LogP contribution < -0.4 is 0 Å². The Hall–Kier alpha value is -4.60. The van der Waals surface area contributed by atoms with Gasteiger partial charge in [-0.3, -0.25) is 0 Å². The molecule has 0 fully saturated rings. The molecule has 2 N–H and O–H groups in total. The van der Waals surface area contributed by atoms with Crippen LogP contribution in [0.4, 0.5) is 0 Å². The summed E-state index contributed by atoms with van der Waals surface area (Å²) in [4.78, 5) is 36.2. The molecule has 2 aliphatic rings. The van der Waals surface area contributed by atoms with Crippen LogP contribution in [0.15, 0.2) is 72.8 Å². The first-order valence-electron chi connectivity index (χ1n) is 13.4. The van der Waals surface area contributed by atoms with Crippen molar-refractivity contribution in [1.82, 2.24) is 39.9 Å². The largest absolute Gasteiger partial charge is 0.324 e. The number of nitrogens with zero attached hydrogens (tertiary/aromatic N) is 6. The van der Waals surface area contributed by atoms with Crippen molar-refractivity contribution in [2.75, 3.05) is 0 Å². The number of rotatable bonds is 0. The van der Waals surface area contributed by atoms with Gasteiger partial charge in [-0.2, -0.15) is 0 Å². The molecule has 210 valence electrons. The molecule has 0 saturated heterocycles. The molecule has 12 heteroatoms. The first-order valence-corrected chi connectivity index (χ1v) is 14.9. The molecule has 0 aliphatic carbocycles. The second-order valence-electron chi connectivity index (χ2n) is 10.3. The Morgan fingerprint density at radius 3 is 1.27 bits per heavy atom. The molecule has 0 radical (unpaired) electrons. The number of fused-ring (bicyclic) bond motifs is 20. The predicted molar refractivity (Wildman–Crippen MR) is 176 cm³/mol. The lowest BCUT2D eigenvalue weighted by Crippen LogP contribution is -1.84. The quantitative estimate of drug-likeness (QED) is 0.169. The van der Waals surface area contributed by atoms with Gasteiger partial charge >= 0.3 is 0 Å². The van der Waals surface area contributed by atoms with Gasteiger partial charge in [-0.05, 0) is 24.3 Å². The molecule has 0 atom stereocenters. The molecule has 0 unspecified atom stereocenters. The summed E-state index contributed by atoms with van der Waals surface area (Å²) in [6, 6.07) is 22.3. The topological polar surface area (TPSA) is 109 Å². The van der Waals surface area contributed by atoms with Gasteiger partial charge in [0, 0.05) is 43.8 Å². The normalized spacial score (nSPS) is 12.1. The molecular formula is C32H14Cl4N8. The minimum Gasteiger partial charge on any atom is -0.324 e. The molecule has 4 aromatic carbocycles. The highest BCUT2D eigenvalue weighted by Gasteiger charge is 2.25. The molecule has 0 saturated carbocycles. The molecule has 5 heterocycles. The van der Waals surface area contributed by atoms with E-state index in [1.54, 1.807) is 24.3 Å². The van der Waals surface area contributed by atoms with Crippen LogP contribution in [0.3, 0.4) is 0 Å². The maximum atomic E-state index is 6.74. The van der Waals surface area contributed by atoms with E-state index in [-0.39, 0.29) is 0 Å². The van der Waals surface area contributed by atoms with Crippen LogP contribution in [0.5, 0.6) is 0 Å². The van der Waals surface area contributed by atoms with Crippen LogP contribution in [0.1, 0.15) is 0 Å². The summed E-state index contributed by atoms with van der Waals surface area (Å²) in [6.07, 6.45) is 0. The van der Waals surface area contributed by atoms with Gasteiger partial charge in [0.2, 0.25) is 0 Å². The van der Waals surface area contributed by atoms with Gasteiger partial charge in [0.1, 0.15) is 22.6 Å². The second-order valence-corrected chi connectivity index (χ2v) is 11.9. The van der Waals surface area contributed by atoms with Crippen molar-refractivity contribution in [2.24, 2.45) is 0 Å². The van der Waals surface area contributed by atoms with Gasteiger partial charge in [-0.15, -0.1) is 0 Å². The van der Waals surface area contributed by atoms with Gasteiger partial charge < -0.3 is 9.97 Å². The van der Waals surface area contributed by atoms with Crippen molar-refractivity contribution in [3.63, 3.8) is 0 Å². The third kappa shape index (κ3) is 3.72. The van der Waals surface area contributed by atoms with E-state index in [0.717, 1.165) is 21.9 Å². The fourth-order valence-electron chi connectivity index (χ4n) is 5.82. The van der Waals surface area contributed by atoms with E-state index in [1.807, 2.05) is 48.5 Å². The summed E-state index contributed by atoms with van der Waals surface area (Å²) in [6.45, 7) is 0. The zero-order valence-corrected chi connectivity index (χ0v) is 25.1. The van der Waals surface area contributed by atoms with Crippen molar-refractivity contribution in [3.05, 3.63) is 92.9 Å². The second kappa shape index (κ2) is 9.45. The number of benzene rings is 4. The van der Waals surface area contributed by atoms with E-state index in [1.165, 1.54) is 0 Å². The summed E-state index contributed by atoms with van der Waals surface area (Å²) in [5.41, 5.74) is 4.76. The number of hydrogen-bond donors (Lipinski definition) is 2. The Bertz CT molecular complexity index is 2570. The number of H-pyrrole nitrogens is 2. The van der Waals surface area contributed by atoms with Crippen molar-refractivity contribution in [1.29, 1.82) is 0 Å². The predicted octanol–water partition coefficient (Wildman–Crippen LogP) is 9.48. The van der Waals surface area contributed by atoms with Crippen molar-refractivity contribution in [3.8, 4) is 45.6 Å². The van der Waals surface area contributed by atoms with E-state index in [0.29, 0.717) is 87.9 Å². The van der Waals surface area contributed by atoms with Crippen LogP contribution >= 0.6 is 46.4 Å². The lowest BCUT2D eigenvalue weighted by atomic mass is 10.1. The zero-order chi connectivity index (χ0) is 29.7. The Labute approximate surface area is 267 Å². The fraction of sp³-hybridized carbons (Fsp3) is 0. The lowest BCUT2D eigenvalue weighted by Gasteiger charge is -2.00. The Balaban J connectivity index is 1.54. The maximum absolute atomic E-state index is 6.74. The van der Waals surface area contributed by atoms with E-state index >= 15 is 0 Å². The van der Waals surface area contributed by atoms with Gasteiger partial charge in [-0.25, -0.2) is 29.9 Å². The Morgan fingerprint density at radius 1 is 0.386 bits per heavy atom. The summed E-state index contributed by atoms with van der Waals surface area (Å²) in [5.74, 6) is 1.63. The lowest BCUT2D eigenvalue weighted by molar-refractivity contribution is 1.19. The van der Waals surface area contributed by atoms with E-state index in [4.69, 9.17) is 76.3 Å². The van der Waals surface area contributed by atoms with Crippen LogP contribution in [-0.4, -0.2) is 39.9 Å². The Kier molecular flexibility index (Phi) is 5.55. The average Bonchev–Trinajstić information content (AvgIpc) is 3.74.